The predicted octanol–water partition coefficient (Wildman–Crippen LogP) is 23.5. The van der Waals surface area contributed by atoms with E-state index in [4.69, 9.17) is 14.2 Å². The zero-order valence-electron chi connectivity index (χ0n) is 52.2. The van der Waals surface area contributed by atoms with E-state index in [1.165, 1.54) is 231 Å². The number of ether oxygens (including phenoxy) is 3. The minimum absolute atomic E-state index is 0.0775. The molecule has 0 saturated carbocycles. The molecule has 0 aliphatic heterocycles. The van der Waals surface area contributed by atoms with Crippen LogP contribution >= 0.6 is 0 Å². The van der Waals surface area contributed by atoms with E-state index in [1.54, 1.807) is 0 Å². The van der Waals surface area contributed by atoms with E-state index in [2.05, 4.69) is 81.5 Å². The molecule has 0 heterocycles. The Morgan fingerprint density at radius 2 is 0.462 bits per heavy atom. The van der Waals surface area contributed by atoms with Gasteiger partial charge in [0.25, 0.3) is 0 Å². The summed E-state index contributed by atoms with van der Waals surface area (Å²) >= 11 is 0. The fraction of sp³-hybridized carbons (Fsp3) is 0.819. The Balaban J connectivity index is 4.32. The number of carbonyl (C=O) groups excluding carboxylic acids is 3. The van der Waals surface area contributed by atoms with Crippen LogP contribution in [0.2, 0.25) is 0 Å². The molecule has 0 saturated heterocycles. The van der Waals surface area contributed by atoms with E-state index in [0.717, 1.165) is 89.9 Å². The molecule has 1 atom stereocenters. The molecule has 0 radical (unpaired) electrons. The van der Waals surface area contributed by atoms with Gasteiger partial charge in [-0.3, -0.25) is 14.4 Å². The Morgan fingerprint density at radius 1 is 0.256 bits per heavy atom. The third-order valence-electron chi connectivity index (χ3n) is 15.2. The molecular formula is C72H130O6. The van der Waals surface area contributed by atoms with Gasteiger partial charge in [-0.05, 0) is 89.9 Å². The number of unbranched alkanes of at least 4 members (excludes halogenated alkanes) is 42. The largest absolute Gasteiger partial charge is 0.462 e. The summed E-state index contributed by atoms with van der Waals surface area (Å²) in [5.41, 5.74) is 0. The molecule has 6 nitrogen and oxygen atoms in total. The Bertz CT molecular complexity index is 1390. The van der Waals surface area contributed by atoms with Crippen molar-refractivity contribution in [1.29, 1.82) is 0 Å². The second-order valence-corrected chi connectivity index (χ2v) is 23.1. The average Bonchev–Trinajstić information content (AvgIpc) is 3.44. The highest BCUT2D eigenvalue weighted by Crippen LogP contribution is 2.18. The molecule has 0 N–H and O–H groups in total. The maximum atomic E-state index is 12.9. The molecule has 0 aromatic heterocycles. The number of rotatable bonds is 63. The highest BCUT2D eigenvalue weighted by atomic mass is 16.6. The Morgan fingerprint density at radius 3 is 0.744 bits per heavy atom. The topological polar surface area (TPSA) is 78.9 Å². The van der Waals surface area contributed by atoms with Gasteiger partial charge in [0.2, 0.25) is 0 Å². The third-order valence-corrected chi connectivity index (χ3v) is 15.2. The molecule has 0 aromatic rings. The number of hydrogen-bond donors (Lipinski definition) is 0. The van der Waals surface area contributed by atoms with E-state index in [-0.39, 0.29) is 31.1 Å². The lowest BCUT2D eigenvalue weighted by Gasteiger charge is -2.18. The first kappa shape index (κ1) is 75.1. The van der Waals surface area contributed by atoms with Crippen LogP contribution in [0.5, 0.6) is 0 Å². The highest BCUT2D eigenvalue weighted by molar-refractivity contribution is 5.71. The average molecular weight is 1090 g/mol. The Hall–Kier alpha value is -2.89. The van der Waals surface area contributed by atoms with E-state index >= 15 is 0 Å². The molecule has 0 spiro atoms. The van der Waals surface area contributed by atoms with Gasteiger partial charge in [-0.2, -0.15) is 0 Å². The first-order chi connectivity index (χ1) is 38.5. The van der Waals surface area contributed by atoms with Crippen LogP contribution in [0.15, 0.2) is 60.8 Å². The summed E-state index contributed by atoms with van der Waals surface area (Å²) in [4.78, 5) is 38.4. The van der Waals surface area contributed by atoms with Crippen LogP contribution in [0.4, 0.5) is 0 Å². The molecule has 0 bridgehead atoms. The van der Waals surface area contributed by atoms with Crippen LogP contribution in [0.3, 0.4) is 0 Å². The summed E-state index contributed by atoms with van der Waals surface area (Å²) in [6.07, 6.45) is 85.2. The van der Waals surface area contributed by atoms with Gasteiger partial charge < -0.3 is 14.2 Å². The minimum Gasteiger partial charge on any atom is -0.462 e. The summed E-state index contributed by atoms with van der Waals surface area (Å²) in [6.45, 7) is 6.65. The van der Waals surface area contributed by atoms with Crippen molar-refractivity contribution in [2.24, 2.45) is 0 Å². The SMILES string of the molecule is CCCCC/C=C\C/C=C\CCCCCCCC(=O)OCC(COC(=O)CCCCCCCCCCCC/C=C\C/C=C\C/C=C\CCCCCCC)OC(=O)CCCCCCCCCCCCCCCCCCCCCC. The summed E-state index contributed by atoms with van der Waals surface area (Å²) in [5.74, 6) is -0.873. The molecule has 0 aliphatic carbocycles. The van der Waals surface area contributed by atoms with Crippen molar-refractivity contribution >= 4 is 17.9 Å². The number of esters is 3. The first-order valence-electron chi connectivity index (χ1n) is 34.3. The van der Waals surface area contributed by atoms with Gasteiger partial charge in [0.1, 0.15) is 13.2 Å². The number of hydrogen-bond acceptors (Lipinski definition) is 6. The van der Waals surface area contributed by atoms with Crippen LogP contribution in [0, 0.1) is 0 Å². The smallest absolute Gasteiger partial charge is 0.306 e. The molecular weight excluding hydrogens is 961 g/mol. The van der Waals surface area contributed by atoms with Crippen molar-refractivity contribution in [3.05, 3.63) is 60.8 Å². The van der Waals surface area contributed by atoms with Crippen LogP contribution in [0.25, 0.3) is 0 Å². The standard InChI is InChI=1S/C72H130O6/c1-4-7-10-13-16-19-22-25-28-30-32-34-35-36-37-38-40-41-44-47-50-53-56-59-62-65-71(74)77-68-69(67-76-70(73)64-61-58-55-52-49-46-43-27-24-21-18-15-12-9-6-3)78-72(75)66-63-60-57-54-51-48-45-42-39-33-31-29-26-23-20-17-14-11-8-5-2/h18,21-22,25,27,30,32,35-36,43,69H,4-17,19-20,23-24,26,28-29,31,33-34,37-42,44-68H2,1-3H3/b21-18-,25-22-,32-30-,36-35-,43-27-. The van der Waals surface area contributed by atoms with Gasteiger partial charge in [-0.15, -0.1) is 0 Å². The van der Waals surface area contributed by atoms with Gasteiger partial charge in [0.15, 0.2) is 6.10 Å². The molecule has 0 aliphatic rings. The summed E-state index contributed by atoms with van der Waals surface area (Å²) in [5, 5.41) is 0. The van der Waals surface area contributed by atoms with Crippen LogP contribution in [-0.2, 0) is 28.6 Å². The Kier molecular flexibility index (Phi) is 64.2. The molecule has 0 aromatic carbocycles. The lowest BCUT2D eigenvalue weighted by Crippen LogP contribution is -2.30. The lowest BCUT2D eigenvalue weighted by atomic mass is 10.0. The van der Waals surface area contributed by atoms with E-state index in [0.29, 0.717) is 19.3 Å². The van der Waals surface area contributed by atoms with Crippen molar-refractivity contribution in [3.63, 3.8) is 0 Å². The van der Waals surface area contributed by atoms with E-state index < -0.39 is 6.10 Å². The van der Waals surface area contributed by atoms with Crippen LogP contribution in [0.1, 0.15) is 361 Å². The van der Waals surface area contributed by atoms with Crippen LogP contribution in [-0.4, -0.2) is 37.2 Å². The lowest BCUT2D eigenvalue weighted by molar-refractivity contribution is -0.167. The van der Waals surface area contributed by atoms with Gasteiger partial charge in [0, 0.05) is 19.3 Å². The number of allylic oxidation sites excluding steroid dienone is 10. The highest BCUT2D eigenvalue weighted by Gasteiger charge is 2.19. The van der Waals surface area contributed by atoms with Crippen molar-refractivity contribution < 1.29 is 28.6 Å². The summed E-state index contributed by atoms with van der Waals surface area (Å²) in [6, 6.07) is 0. The number of carbonyl (C=O) groups is 3. The van der Waals surface area contributed by atoms with Crippen molar-refractivity contribution in [2.75, 3.05) is 13.2 Å². The minimum atomic E-state index is -0.781. The zero-order chi connectivity index (χ0) is 56.4. The summed E-state index contributed by atoms with van der Waals surface area (Å²) < 4.78 is 17.0. The maximum Gasteiger partial charge on any atom is 0.306 e. The summed E-state index contributed by atoms with van der Waals surface area (Å²) in [7, 11) is 0. The van der Waals surface area contributed by atoms with Gasteiger partial charge in [-0.1, -0.05) is 313 Å². The maximum absolute atomic E-state index is 12.9. The quantitative estimate of drug-likeness (QED) is 0.0261. The molecule has 0 amide bonds. The van der Waals surface area contributed by atoms with Crippen molar-refractivity contribution in [2.45, 2.75) is 367 Å². The molecule has 454 valence electrons. The predicted molar refractivity (Wildman–Crippen MR) is 339 cm³/mol. The van der Waals surface area contributed by atoms with E-state index in [9.17, 15) is 14.4 Å². The Labute approximate surface area is 485 Å². The molecule has 0 rings (SSSR count). The fourth-order valence-electron chi connectivity index (χ4n) is 10.1. The van der Waals surface area contributed by atoms with E-state index in [1.807, 2.05) is 0 Å². The van der Waals surface area contributed by atoms with Crippen molar-refractivity contribution in [1.82, 2.24) is 0 Å². The van der Waals surface area contributed by atoms with Gasteiger partial charge >= 0.3 is 17.9 Å². The second-order valence-electron chi connectivity index (χ2n) is 23.1. The monoisotopic (exact) mass is 1090 g/mol. The third kappa shape index (κ3) is 63.9. The fourth-order valence-corrected chi connectivity index (χ4v) is 10.1. The van der Waals surface area contributed by atoms with Gasteiger partial charge in [-0.25, -0.2) is 0 Å². The zero-order valence-corrected chi connectivity index (χ0v) is 52.2. The van der Waals surface area contributed by atoms with Crippen LogP contribution < -0.4 is 0 Å². The molecule has 6 heteroatoms. The first-order valence-corrected chi connectivity index (χ1v) is 34.3. The van der Waals surface area contributed by atoms with Gasteiger partial charge in [0.05, 0.1) is 0 Å². The normalized spacial score (nSPS) is 12.4. The molecule has 0 fully saturated rings. The van der Waals surface area contributed by atoms with Crippen molar-refractivity contribution in [3.8, 4) is 0 Å². The molecule has 1 unspecified atom stereocenters. The second kappa shape index (κ2) is 66.6. The molecule has 78 heavy (non-hydrogen) atoms.